The summed E-state index contributed by atoms with van der Waals surface area (Å²) in [5.41, 5.74) is 0.800. The molecule has 0 spiro atoms. The quantitative estimate of drug-likeness (QED) is 0.388. The van der Waals surface area contributed by atoms with E-state index in [0.29, 0.717) is 13.1 Å². The summed E-state index contributed by atoms with van der Waals surface area (Å²) in [5, 5.41) is 16.3. The summed E-state index contributed by atoms with van der Waals surface area (Å²) < 4.78 is 33.3. The summed E-state index contributed by atoms with van der Waals surface area (Å²) >= 11 is 1.42. The largest absolute Gasteiger partial charge is 0.387 e. The third kappa shape index (κ3) is 4.66. The lowest BCUT2D eigenvalue weighted by molar-refractivity contribution is 0.174. The Labute approximate surface area is 179 Å². The Hall–Kier alpha value is -2.43. The molecule has 0 aliphatic carbocycles. The number of benzene rings is 2. The molecule has 2 heterocycles. The van der Waals surface area contributed by atoms with Crippen molar-refractivity contribution in [2.75, 3.05) is 13.1 Å². The smallest absolute Gasteiger partial charge is 0.240 e. The summed E-state index contributed by atoms with van der Waals surface area (Å²) in [6.45, 7) is 2.49. The predicted molar refractivity (Wildman–Crippen MR) is 119 cm³/mol. The minimum absolute atomic E-state index is 0.214. The topological polar surface area (TPSA) is 104 Å². The molecule has 0 aliphatic heterocycles. The molecule has 0 saturated carbocycles. The minimum atomic E-state index is -3.65. The van der Waals surface area contributed by atoms with Gasteiger partial charge in [0.1, 0.15) is 0 Å². The van der Waals surface area contributed by atoms with Gasteiger partial charge in [0.25, 0.3) is 0 Å². The molecule has 0 bridgehead atoms. The van der Waals surface area contributed by atoms with E-state index in [2.05, 4.69) is 19.4 Å². The number of aliphatic hydroxyl groups is 1. The van der Waals surface area contributed by atoms with Gasteiger partial charge in [0.05, 0.1) is 15.7 Å². The predicted octanol–water partition coefficient (Wildman–Crippen LogP) is 2.83. The van der Waals surface area contributed by atoms with E-state index < -0.39 is 16.1 Å². The fourth-order valence-corrected chi connectivity index (χ4v) is 5.16. The molecule has 0 aliphatic rings. The molecular formula is C21H22N4O3S2. The van der Waals surface area contributed by atoms with Crippen LogP contribution in [0.1, 0.15) is 18.6 Å². The zero-order valence-corrected chi connectivity index (χ0v) is 18.0. The van der Waals surface area contributed by atoms with E-state index >= 15 is 0 Å². The van der Waals surface area contributed by atoms with Crippen LogP contribution in [0, 0.1) is 0 Å². The first-order valence-electron chi connectivity index (χ1n) is 9.51. The summed E-state index contributed by atoms with van der Waals surface area (Å²) in [7, 11) is -3.65. The van der Waals surface area contributed by atoms with Gasteiger partial charge in [-0.25, -0.2) is 13.1 Å². The molecule has 4 rings (SSSR count). The number of hydrogen-bond acceptors (Lipinski definition) is 7. The highest BCUT2D eigenvalue weighted by atomic mass is 32.2. The third-order valence-electron chi connectivity index (χ3n) is 4.83. The average Bonchev–Trinajstić information content (AvgIpc) is 3.20. The van der Waals surface area contributed by atoms with Crippen LogP contribution in [0.3, 0.4) is 0 Å². The van der Waals surface area contributed by atoms with Crippen LogP contribution in [0.25, 0.3) is 20.9 Å². The number of sulfonamides is 1. The fraction of sp³-hybridized carbons (Fsp3) is 0.238. The Bertz CT molecular complexity index is 1270. The number of hydrogen-bond donors (Lipinski definition) is 3. The highest BCUT2D eigenvalue weighted by Gasteiger charge is 2.18. The zero-order chi connectivity index (χ0) is 21.1. The monoisotopic (exact) mass is 442 g/mol. The summed E-state index contributed by atoms with van der Waals surface area (Å²) in [6, 6.07) is 12.1. The van der Waals surface area contributed by atoms with Crippen molar-refractivity contribution in [1.29, 1.82) is 0 Å². The van der Waals surface area contributed by atoms with Crippen molar-refractivity contribution in [2.24, 2.45) is 0 Å². The maximum absolute atomic E-state index is 12.7. The first-order valence-corrected chi connectivity index (χ1v) is 11.8. The minimum Gasteiger partial charge on any atom is -0.387 e. The second-order valence-electron chi connectivity index (χ2n) is 7.20. The van der Waals surface area contributed by atoms with E-state index in [0.717, 1.165) is 26.4 Å². The van der Waals surface area contributed by atoms with E-state index in [4.69, 9.17) is 0 Å². The van der Waals surface area contributed by atoms with Crippen molar-refractivity contribution in [3.05, 3.63) is 66.6 Å². The maximum atomic E-state index is 12.7. The number of aromatic nitrogens is 2. The van der Waals surface area contributed by atoms with E-state index in [-0.39, 0.29) is 10.9 Å². The standard InChI is InChI=1S/C21H22N4O3S2/c1-14(10-23-13-20(26)16-3-5-21-18(8-16)12-24-29-21)25-30(27,28)19-4-2-17-11-22-7-6-15(17)9-19/h2-9,11-12,14,20,23,25-26H,10,13H2,1H3/t14-,20?/m0/s1. The lowest BCUT2D eigenvalue weighted by atomic mass is 10.1. The molecule has 2 aromatic heterocycles. The molecule has 7 nitrogen and oxygen atoms in total. The van der Waals surface area contributed by atoms with Gasteiger partial charge >= 0.3 is 0 Å². The van der Waals surface area contributed by atoms with Gasteiger partial charge in [-0.1, -0.05) is 12.1 Å². The van der Waals surface area contributed by atoms with Crippen LogP contribution in [0.4, 0.5) is 0 Å². The Kier molecular flexibility index (Phi) is 6.07. The normalized spacial score (nSPS) is 14.2. The van der Waals surface area contributed by atoms with Crippen molar-refractivity contribution >= 4 is 42.4 Å². The lowest BCUT2D eigenvalue weighted by Gasteiger charge is -2.17. The molecule has 0 amide bonds. The van der Waals surface area contributed by atoms with Gasteiger partial charge in [-0.3, -0.25) is 4.98 Å². The number of aliphatic hydroxyl groups excluding tert-OH is 1. The van der Waals surface area contributed by atoms with Crippen molar-refractivity contribution in [3.63, 3.8) is 0 Å². The van der Waals surface area contributed by atoms with Gasteiger partial charge in [0, 0.05) is 48.5 Å². The van der Waals surface area contributed by atoms with E-state index in [9.17, 15) is 13.5 Å². The van der Waals surface area contributed by atoms with Gasteiger partial charge in [0.2, 0.25) is 10.0 Å². The molecule has 0 radical (unpaired) electrons. The number of nitrogens with one attached hydrogen (secondary N) is 2. The van der Waals surface area contributed by atoms with Crippen molar-refractivity contribution in [1.82, 2.24) is 19.4 Å². The summed E-state index contributed by atoms with van der Waals surface area (Å²) in [5.74, 6) is 0. The molecule has 0 fully saturated rings. The molecule has 2 atom stereocenters. The van der Waals surface area contributed by atoms with Crippen LogP contribution in [0.2, 0.25) is 0 Å². The number of nitrogens with zero attached hydrogens (tertiary/aromatic N) is 2. The molecule has 2 aromatic carbocycles. The number of pyridine rings is 1. The number of rotatable bonds is 8. The Morgan fingerprint density at radius 2 is 1.90 bits per heavy atom. The second kappa shape index (κ2) is 8.75. The molecule has 156 valence electrons. The van der Waals surface area contributed by atoms with Gasteiger partial charge in [-0.15, -0.1) is 0 Å². The van der Waals surface area contributed by atoms with Gasteiger partial charge in [-0.2, -0.15) is 4.37 Å². The van der Waals surface area contributed by atoms with E-state index in [1.54, 1.807) is 49.8 Å². The molecule has 30 heavy (non-hydrogen) atoms. The fourth-order valence-electron chi connectivity index (χ4n) is 3.26. The summed E-state index contributed by atoms with van der Waals surface area (Å²) in [4.78, 5) is 4.25. The van der Waals surface area contributed by atoms with Crippen LogP contribution >= 0.6 is 11.5 Å². The summed E-state index contributed by atoms with van der Waals surface area (Å²) in [6.07, 6.45) is 4.43. The molecule has 3 N–H and O–H groups in total. The second-order valence-corrected chi connectivity index (χ2v) is 9.75. The Morgan fingerprint density at radius 3 is 2.77 bits per heavy atom. The van der Waals surface area contributed by atoms with Gasteiger partial charge < -0.3 is 10.4 Å². The molecule has 0 saturated heterocycles. The van der Waals surface area contributed by atoms with Crippen LogP contribution < -0.4 is 10.0 Å². The first-order chi connectivity index (χ1) is 14.4. The SMILES string of the molecule is C[C@@H](CNCC(O)c1ccc2sncc2c1)NS(=O)(=O)c1ccc2cnccc2c1. The highest BCUT2D eigenvalue weighted by Crippen LogP contribution is 2.22. The molecule has 1 unspecified atom stereocenters. The van der Waals surface area contributed by atoms with Crippen LogP contribution in [-0.2, 0) is 10.0 Å². The van der Waals surface area contributed by atoms with Crippen molar-refractivity contribution < 1.29 is 13.5 Å². The van der Waals surface area contributed by atoms with Crippen molar-refractivity contribution in [3.8, 4) is 0 Å². The third-order valence-corrected chi connectivity index (χ3v) is 7.19. The Balaban J connectivity index is 1.33. The van der Waals surface area contributed by atoms with Gasteiger partial charge in [0.15, 0.2) is 0 Å². The lowest BCUT2D eigenvalue weighted by Crippen LogP contribution is -2.40. The van der Waals surface area contributed by atoms with Gasteiger partial charge in [-0.05, 0) is 59.7 Å². The molecule has 4 aromatic rings. The van der Waals surface area contributed by atoms with E-state index in [1.807, 2.05) is 18.2 Å². The van der Waals surface area contributed by atoms with Crippen molar-refractivity contribution in [2.45, 2.75) is 24.0 Å². The first kappa shape index (κ1) is 20.8. The highest BCUT2D eigenvalue weighted by molar-refractivity contribution is 7.89. The average molecular weight is 443 g/mol. The molecule has 9 heteroatoms. The van der Waals surface area contributed by atoms with E-state index in [1.165, 1.54) is 11.5 Å². The van der Waals surface area contributed by atoms with Crippen LogP contribution in [0.5, 0.6) is 0 Å². The zero-order valence-electron chi connectivity index (χ0n) is 16.3. The van der Waals surface area contributed by atoms with Crippen LogP contribution in [0.15, 0.2) is 66.0 Å². The Morgan fingerprint density at radius 1 is 1.03 bits per heavy atom. The van der Waals surface area contributed by atoms with Crippen LogP contribution in [-0.4, -0.2) is 42.0 Å². The molecular weight excluding hydrogens is 420 g/mol. The maximum Gasteiger partial charge on any atom is 0.240 e. The number of fused-ring (bicyclic) bond motifs is 2.